The van der Waals surface area contributed by atoms with E-state index in [9.17, 15) is 9.18 Å². The monoisotopic (exact) mass is 256 g/mol. The van der Waals surface area contributed by atoms with Gasteiger partial charge < -0.3 is 0 Å². The smallest absolute Gasteiger partial charge is 0.155 e. The van der Waals surface area contributed by atoms with Crippen LogP contribution in [0.4, 0.5) is 4.39 Å². The fourth-order valence-corrected chi connectivity index (χ4v) is 1.20. The Morgan fingerprint density at radius 1 is 1.43 bits per heavy atom. The Kier molecular flexibility index (Phi) is 3.58. The van der Waals surface area contributed by atoms with Gasteiger partial charge in [-0.25, -0.2) is 4.39 Å². The minimum Gasteiger partial charge on any atom is -0.295 e. The summed E-state index contributed by atoms with van der Waals surface area (Å²) in [6.45, 7) is 3.20. The van der Waals surface area contributed by atoms with Crippen LogP contribution in [0.3, 0.4) is 0 Å². The first-order valence-electron chi connectivity index (χ1n) is 4.15. The molecule has 74 valence electrons. The van der Waals surface area contributed by atoms with Crippen molar-refractivity contribution in [1.29, 1.82) is 0 Å². The first-order chi connectivity index (χ1) is 6.50. The molecule has 0 saturated heterocycles. The largest absolute Gasteiger partial charge is 0.295 e. The maximum absolute atomic E-state index is 13.1. The quantitative estimate of drug-likeness (QED) is 0.740. The lowest BCUT2D eigenvalue weighted by Gasteiger charge is -1.98. The van der Waals surface area contributed by atoms with E-state index in [1.54, 1.807) is 25.1 Å². The zero-order chi connectivity index (χ0) is 10.7. The molecule has 0 aliphatic carbocycles. The molecule has 3 heteroatoms. The van der Waals surface area contributed by atoms with Crippen molar-refractivity contribution in [3.05, 3.63) is 39.6 Å². The molecule has 1 nitrogen and oxygen atoms in total. The Morgan fingerprint density at radius 2 is 2.07 bits per heavy atom. The molecule has 1 aromatic carbocycles. The molecule has 0 aromatic heterocycles. The average molecular weight is 257 g/mol. The van der Waals surface area contributed by atoms with Gasteiger partial charge in [0.05, 0.1) is 4.47 Å². The lowest BCUT2D eigenvalue weighted by molar-refractivity contribution is -0.113. The fourth-order valence-electron chi connectivity index (χ4n) is 0.954. The van der Waals surface area contributed by atoms with Crippen LogP contribution in [0.15, 0.2) is 28.2 Å². The summed E-state index contributed by atoms with van der Waals surface area (Å²) in [7, 11) is 0. The molecule has 0 N–H and O–H groups in total. The Morgan fingerprint density at radius 3 is 2.57 bits per heavy atom. The van der Waals surface area contributed by atoms with Gasteiger partial charge in [-0.1, -0.05) is 6.07 Å². The molecule has 0 unspecified atom stereocenters. The van der Waals surface area contributed by atoms with Gasteiger partial charge in [0.1, 0.15) is 5.82 Å². The maximum Gasteiger partial charge on any atom is 0.155 e. The van der Waals surface area contributed by atoms with Crippen LogP contribution in [0.2, 0.25) is 0 Å². The number of Topliss-reactive ketones (excluding diaryl/α,β-unsaturated/α-hetero) is 1. The lowest BCUT2D eigenvalue weighted by Crippen LogP contribution is -1.91. The zero-order valence-electron chi connectivity index (χ0n) is 7.97. The first kappa shape index (κ1) is 11.1. The second-order valence-electron chi connectivity index (χ2n) is 3.06. The van der Waals surface area contributed by atoms with Crippen LogP contribution in [0, 0.1) is 5.82 Å². The van der Waals surface area contributed by atoms with Crippen molar-refractivity contribution in [2.75, 3.05) is 0 Å². The van der Waals surface area contributed by atoms with Crippen LogP contribution < -0.4 is 0 Å². The van der Waals surface area contributed by atoms with Gasteiger partial charge in [0.2, 0.25) is 0 Å². The Bertz CT molecular complexity index is 396. The average Bonchev–Trinajstić information content (AvgIpc) is 2.11. The molecule has 0 atom stereocenters. The van der Waals surface area contributed by atoms with Gasteiger partial charge in [-0.2, -0.15) is 0 Å². The van der Waals surface area contributed by atoms with Crippen LogP contribution in [0.5, 0.6) is 0 Å². The van der Waals surface area contributed by atoms with Crippen molar-refractivity contribution >= 4 is 27.8 Å². The van der Waals surface area contributed by atoms with E-state index < -0.39 is 0 Å². The van der Waals surface area contributed by atoms with Crippen LogP contribution >= 0.6 is 15.9 Å². The number of allylic oxidation sites excluding steroid dienone is 1. The number of rotatable bonds is 2. The van der Waals surface area contributed by atoms with Gasteiger partial charge in [-0.3, -0.25) is 4.79 Å². The zero-order valence-corrected chi connectivity index (χ0v) is 9.56. The predicted octanol–water partition coefficient (Wildman–Crippen LogP) is 3.58. The SMILES string of the molecule is CC(=O)/C(C)=C/c1ccc(Br)c(F)c1. The van der Waals surface area contributed by atoms with E-state index in [4.69, 9.17) is 0 Å². The summed E-state index contributed by atoms with van der Waals surface area (Å²) in [5.41, 5.74) is 1.31. The molecular weight excluding hydrogens is 247 g/mol. The third-order valence-electron chi connectivity index (χ3n) is 1.88. The minimum atomic E-state index is -0.324. The minimum absolute atomic E-state index is 0.00618. The van der Waals surface area contributed by atoms with Gasteiger partial charge in [-0.15, -0.1) is 0 Å². The second-order valence-corrected chi connectivity index (χ2v) is 3.91. The van der Waals surface area contributed by atoms with E-state index in [1.165, 1.54) is 13.0 Å². The summed E-state index contributed by atoms with van der Waals surface area (Å²) < 4.78 is 13.5. The number of hydrogen-bond donors (Lipinski definition) is 0. The van der Waals surface area contributed by atoms with Gasteiger partial charge in [-0.05, 0) is 59.1 Å². The third-order valence-corrected chi connectivity index (χ3v) is 2.53. The van der Waals surface area contributed by atoms with E-state index in [1.807, 2.05) is 0 Å². The molecule has 0 aliphatic heterocycles. The van der Waals surface area contributed by atoms with E-state index >= 15 is 0 Å². The molecule has 0 heterocycles. The highest BCUT2D eigenvalue weighted by molar-refractivity contribution is 9.10. The van der Waals surface area contributed by atoms with E-state index in [0.717, 1.165) is 0 Å². The summed E-state index contributed by atoms with van der Waals surface area (Å²) in [5.74, 6) is -0.330. The number of carbonyl (C=O) groups excluding carboxylic acids is 1. The van der Waals surface area contributed by atoms with Crippen molar-refractivity contribution in [2.45, 2.75) is 13.8 Å². The first-order valence-corrected chi connectivity index (χ1v) is 4.94. The number of benzene rings is 1. The van der Waals surface area contributed by atoms with Gasteiger partial charge in [0.15, 0.2) is 5.78 Å². The molecule has 14 heavy (non-hydrogen) atoms. The summed E-state index contributed by atoms with van der Waals surface area (Å²) in [4.78, 5) is 10.9. The summed E-state index contributed by atoms with van der Waals surface area (Å²) in [6.07, 6.45) is 1.66. The number of halogens is 2. The topological polar surface area (TPSA) is 17.1 Å². The molecule has 1 aromatic rings. The lowest BCUT2D eigenvalue weighted by atomic mass is 10.1. The number of ketones is 1. The highest BCUT2D eigenvalue weighted by atomic mass is 79.9. The van der Waals surface area contributed by atoms with Crippen molar-refractivity contribution in [3.8, 4) is 0 Å². The third kappa shape index (κ3) is 2.77. The number of hydrogen-bond acceptors (Lipinski definition) is 1. The van der Waals surface area contributed by atoms with E-state index in [-0.39, 0.29) is 11.6 Å². The van der Waals surface area contributed by atoms with Crippen molar-refractivity contribution in [2.24, 2.45) is 0 Å². The number of carbonyl (C=O) groups is 1. The molecule has 0 bridgehead atoms. The highest BCUT2D eigenvalue weighted by Gasteiger charge is 2.00. The molecular formula is C11H10BrFO. The van der Waals surface area contributed by atoms with E-state index in [0.29, 0.717) is 15.6 Å². The predicted molar refractivity (Wildman–Crippen MR) is 58.4 cm³/mol. The van der Waals surface area contributed by atoms with Gasteiger partial charge >= 0.3 is 0 Å². The Balaban J connectivity index is 3.04. The summed E-state index contributed by atoms with van der Waals surface area (Å²) in [6, 6.07) is 4.75. The highest BCUT2D eigenvalue weighted by Crippen LogP contribution is 2.18. The van der Waals surface area contributed by atoms with Crippen molar-refractivity contribution in [1.82, 2.24) is 0 Å². The van der Waals surface area contributed by atoms with E-state index in [2.05, 4.69) is 15.9 Å². The summed E-state index contributed by atoms with van der Waals surface area (Å²) >= 11 is 3.06. The van der Waals surface area contributed by atoms with Crippen molar-refractivity contribution in [3.63, 3.8) is 0 Å². The standard InChI is InChI=1S/C11H10BrFO/c1-7(8(2)14)5-9-3-4-10(12)11(13)6-9/h3-6H,1-2H3/b7-5+. The van der Waals surface area contributed by atoms with Crippen molar-refractivity contribution < 1.29 is 9.18 Å². The molecule has 0 amide bonds. The normalized spacial score (nSPS) is 11.6. The molecule has 0 radical (unpaired) electrons. The van der Waals surface area contributed by atoms with Crippen LogP contribution in [0.1, 0.15) is 19.4 Å². The maximum atomic E-state index is 13.1. The van der Waals surface area contributed by atoms with Crippen LogP contribution in [0.25, 0.3) is 6.08 Å². The van der Waals surface area contributed by atoms with Gasteiger partial charge in [0.25, 0.3) is 0 Å². The Labute approximate surface area is 90.8 Å². The molecule has 0 saturated carbocycles. The molecule has 0 fully saturated rings. The fraction of sp³-hybridized carbons (Fsp3) is 0.182. The molecule has 0 aliphatic rings. The van der Waals surface area contributed by atoms with Gasteiger partial charge in [0, 0.05) is 0 Å². The second kappa shape index (κ2) is 4.51. The summed E-state index contributed by atoms with van der Waals surface area (Å²) in [5, 5.41) is 0. The van der Waals surface area contributed by atoms with Crippen LogP contribution in [-0.2, 0) is 4.79 Å². The molecule has 0 spiro atoms. The Hall–Kier alpha value is -0.960. The van der Waals surface area contributed by atoms with Crippen LogP contribution in [-0.4, -0.2) is 5.78 Å². The molecule has 1 rings (SSSR count).